The monoisotopic (exact) mass is 258 g/mol. The van der Waals surface area contributed by atoms with Gasteiger partial charge in [0.25, 0.3) is 0 Å². The Kier molecular flexibility index (Phi) is 5.11. The lowest BCUT2D eigenvalue weighted by Crippen LogP contribution is -2.27. The Balaban J connectivity index is 2.95. The molecule has 4 nitrogen and oxygen atoms in total. The number of aliphatic hydroxyl groups is 2. The van der Waals surface area contributed by atoms with Gasteiger partial charge < -0.3 is 10.2 Å². The first-order chi connectivity index (χ1) is 8.01. The second-order valence-electron chi connectivity index (χ2n) is 3.97. The van der Waals surface area contributed by atoms with Crippen molar-refractivity contribution in [2.45, 2.75) is 24.7 Å². The normalized spacial score (nSPS) is 15.5. The minimum absolute atomic E-state index is 0.406. The molecule has 0 aliphatic rings. The van der Waals surface area contributed by atoms with Crippen LogP contribution < -0.4 is 0 Å². The van der Waals surface area contributed by atoms with Crippen LogP contribution in [0.1, 0.15) is 24.2 Å². The molecular weight excluding hydrogens is 240 g/mol. The number of aliphatic hydroxyl groups excluding tert-OH is 2. The molecule has 0 amide bonds. The summed E-state index contributed by atoms with van der Waals surface area (Å²) in [6.45, 7) is 1.25. The Hall–Kier alpha value is -0.910. The van der Waals surface area contributed by atoms with Crippen LogP contribution in [0, 0.1) is 0 Å². The highest BCUT2D eigenvalue weighted by Gasteiger charge is 2.27. The molecule has 0 fully saturated rings. The SMILES string of the molecule is CC[C@@H](c1ccccc1)S(=O)(=O)C[C@@H](O)CO. The summed E-state index contributed by atoms with van der Waals surface area (Å²) in [5, 5.41) is 17.3. The number of sulfone groups is 1. The van der Waals surface area contributed by atoms with Crippen molar-refractivity contribution < 1.29 is 18.6 Å². The van der Waals surface area contributed by atoms with E-state index >= 15 is 0 Å². The summed E-state index contributed by atoms with van der Waals surface area (Å²) in [6.07, 6.45) is -0.762. The average Bonchev–Trinajstić information content (AvgIpc) is 2.30. The van der Waals surface area contributed by atoms with Crippen molar-refractivity contribution in [1.82, 2.24) is 0 Å². The third-order valence-electron chi connectivity index (χ3n) is 2.61. The van der Waals surface area contributed by atoms with Crippen LogP contribution in [0.25, 0.3) is 0 Å². The van der Waals surface area contributed by atoms with Gasteiger partial charge in [-0.3, -0.25) is 0 Å². The molecule has 17 heavy (non-hydrogen) atoms. The van der Waals surface area contributed by atoms with Crippen LogP contribution in [0.3, 0.4) is 0 Å². The van der Waals surface area contributed by atoms with E-state index in [1.54, 1.807) is 31.2 Å². The van der Waals surface area contributed by atoms with Crippen LogP contribution >= 0.6 is 0 Å². The van der Waals surface area contributed by atoms with Gasteiger partial charge in [0.15, 0.2) is 9.84 Å². The molecule has 0 aliphatic carbocycles. The van der Waals surface area contributed by atoms with Crippen molar-refractivity contribution in [3.05, 3.63) is 35.9 Å². The van der Waals surface area contributed by atoms with Crippen LogP contribution in [0.5, 0.6) is 0 Å². The van der Waals surface area contributed by atoms with Crippen LogP contribution in [0.15, 0.2) is 30.3 Å². The van der Waals surface area contributed by atoms with Crippen LogP contribution in [0.4, 0.5) is 0 Å². The molecular formula is C12H18O4S. The van der Waals surface area contributed by atoms with Gasteiger partial charge >= 0.3 is 0 Å². The van der Waals surface area contributed by atoms with E-state index in [1.165, 1.54) is 0 Å². The highest BCUT2D eigenvalue weighted by atomic mass is 32.2. The largest absolute Gasteiger partial charge is 0.394 e. The van der Waals surface area contributed by atoms with Gasteiger partial charge in [-0.15, -0.1) is 0 Å². The molecule has 0 bridgehead atoms. The molecule has 5 heteroatoms. The fourth-order valence-electron chi connectivity index (χ4n) is 1.80. The Morgan fingerprint density at radius 1 is 1.24 bits per heavy atom. The van der Waals surface area contributed by atoms with Gasteiger partial charge in [-0.05, 0) is 12.0 Å². The lowest BCUT2D eigenvalue weighted by molar-refractivity contribution is 0.112. The summed E-state index contributed by atoms with van der Waals surface area (Å²) in [5.41, 5.74) is 0.722. The van der Waals surface area contributed by atoms with E-state index in [2.05, 4.69) is 0 Å². The van der Waals surface area contributed by atoms with Gasteiger partial charge in [0.1, 0.15) is 0 Å². The van der Waals surface area contributed by atoms with Crippen LogP contribution in [-0.4, -0.2) is 37.1 Å². The van der Waals surface area contributed by atoms with Crippen molar-refractivity contribution in [3.63, 3.8) is 0 Å². The maximum atomic E-state index is 12.1. The first-order valence-corrected chi connectivity index (χ1v) is 7.28. The lowest BCUT2D eigenvalue weighted by atomic mass is 10.1. The average molecular weight is 258 g/mol. The Bertz CT molecular complexity index is 427. The zero-order valence-electron chi connectivity index (χ0n) is 9.78. The summed E-state index contributed by atoms with van der Waals surface area (Å²) >= 11 is 0. The molecule has 0 saturated carbocycles. The number of benzene rings is 1. The third kappa shape index (κ3) is 3.80. The molecule has 1 aromatic rings. The summed E-state index contributed by atoms with van der Waals surface area (Å²) in [5.74, 6) is -0.406. The molecule has 0 saturated heterocycles. The van der Waals surface area contributed by atoms with Crippen molar-refractivity contribution in [2.75, 3.05) is 12.4 Å². The third-order valence-corrected chi connectivity index (χ3v) is 4.93. The topological polar surface area (TPSA) is 74.6 Å². The van der Waals surface area contributed by atoms with Crippen LogP contribution in [0.2, 0.25) is 0 Å². The second-order valence-corrected chi connectivity index (χ2v) is 6.20. The number of hydrogen-bond donors (Lipinski definition) is 2. The first-order valence-electron chi connectivity index (χ1n) is 5.56. The van der Waals surface area contributed by atoms with E-state index in [-0.39, 0.29) is 0 Å². The first kappa shape index (κ1) is 14.2. The molecule has 2 atom stereocenters. The van der Waals surface area contributed by atoms with Gasteiger partial charge in [0.2, 0.25) is 0 Å². The quantitative estimate of drug-likeness (QED) is 0.795. The van der Waals surface area contributed by atoms with E-state index in [0.717, 1.165) is 5.56 Å². The fraction of sp³-hybridized carbons (Fsp3) is 0.500. The lowest BCUT2D eigenvalue weighted by Gasteiger charge is -2.17. The molecule has 0 heterocycles. The van der Waals surface area contributed by atoms with Crippen molar-refractivity contribution in [1.29, 1.82) is 0 Å². The predicted molar refractivity (Wildman–Crippen MR) is 66.4 cm³/mol. The fourth-order valence-corrected chi connectivity index (χ4v) is 3.76. The van der Waals surface area contributed by atoms with Gasteiger partial charge in [-0.2, -0.15) is 0 Å². The summed E-state index contributed by atoms with van der Waals surface area (Å²) in [4.78, 5) is 0. The Morgan fingerprint density at radius 2 is 1.82 bits per heavy atom. The van der Waals surface area contributed by atoms with Crippen LogP contribution in [-0.2, 0) is 9.84 Å². The van der Waals surface area contributed by atoms with Gasteiger partial charge in [-0.1, -0.05) is 37.3 Å². The molecule has 0 spiro atoms. The minimum Gasteiger partial charge on any atom is -0.394 e. The van der Waals surface area contributed by atoms with Gasteiger partial charge in [0, 0.05) is 0 Å². The van der Waals surface area contributed by atoms with Gasteiger partial charge in [0.05, 0.1) is 23.7 Å². The number of rotatable bonds is 6. The zero-order chi connectivity index (χ0) is 12.9. The van der Waals surface area contributed by atoms with Crippen molar-refractivity contribution in [3.8, 4) is 0 Å². The van der Waals surface area contributed by atoms with Crippen molar-refractivity contribution >= 4 is 9.84 Å². The second kappa shape index (κ2) is 6.14. The van der Waals surface area contributed by atoms with E-state index in [0.29, 0.717) is 6.42 Å². The zero-order valence-corrected chi connectivity index (χ0v) is 10.6. The molecule has 2 N–H and O–H groups in total. The molecule has 96 valence electrons. The van der Waals surface area contributed by atoms with E-state index in [9.17, 15) is 13.5 Å². The Labute approximate surface area is 102 Å². The van der Waals surface area contributed by atoms with Crippen molar-refractivity contribution in [2.24, 2.45) is 0 Å². The minimum atomic E-state index is -3.45. The highest BCUT2D eigenvalue weighted by molar-refractivity contribution is 7.91. The molecule has 1 rings (SSSR count). The summed E-state index contributed by atoms with van der Waals surface area (Å²) < 4.78 is 24.1. The van der Waals surface area contributed by atoms with E-state index < -0.39 is 33.6 Å². The summed E-state index contributed by atoms with van der Waals surface area (Å²) in [6, 6.07) is 8.92. The molecule has 1 aromatic carbocycles. The maximum Gasteiger partial charge on any atom is 0.159 e. The van der Waals surface area contributed by atoms with Gasteiger partial charge in [-0.25, -0.2) is 8.42 Å². The molecule has 0 unspecified atom stereocenters. The highest BCUT2D eigenvalue weighted by Crippen LogP contribution is 2.26. The smallest absolute Gasteiger partial charge is 0.159 e. The van der Waals surface area contributed by atoms with E-state index in [1.807, 2.05) is 6.07 Å². The molecule has 0 radical (unpaired) electrons. The maximum absolute atomic E-state index is 12.1. The number of hydrogen-bond acceptors (Lipinski definition) is 4. The predicted octanol–water partition coefficient (Wildman–Crippen LogP) is 0.906. The molecule has 0 aliphatic heterocycles. The van der Waals surface area contributed by atoms with E-state index in [4.69, 9.17) is 5.11 Å². The Morgan fingerprint density at radius 3 is 2.29 bits per heavy atom. The molecule has 0 aromatic heterocycles. The standard InChI is InChI=1S/C12H18O4S/c1-2-12(10-6-4-3-5-7-10)17(15,16)9-11(14)8-13/h3-7,11-14H,2,8-9H2,1H3/t11-,12-/m0/s1. The summed E-state index contributed by atoms with van der Waals surface area (Å²) in [7, 11) is -3.45.